The molecule has 0 aromatic carbocycles. The van der Waals surface area contributed by atoms with Gasteiger partial charge in [-0.2, -0.15) is 0 Å². The summed E-state index contributed by atoms with van der Waals surface area (Å²) in [6, 6.07) is 0.129. The predicted octanol–water partition coefficient (Wildman–Crippen LogP) is 6.00. The first-order valence-corrected chi connectivity index (χ1v) is 16.0. The molecular weight excluding hydrogens is 442 g/mol. The lowest BCUT2D eigenvalue weighted by Crippen LogP contribution is -2.50. The minimum atomic E-state index is -3.13. The van der Waals surface area contributed by atoms with Gasteiger partial charge in [0.1, 0.15) is 0 Å². The molecule has 1 saturated heterocycles. The lowest BCUT2D eigenvalue weighted by atomic mass is 9.52. The van der Waals surface area contributed by atoms with E-state index in [-0.39, 0.29) is 11.6 Å². The Kier molecular flexibility index (Phi) is 5.53. The van der Waals surface area contributed by atoms with Crippen LogP contribution in [0.1, 0.15) is 91.9 Å². The number of hydrogen-bond acceptors (Lipinski definition) is 3. The van der Waals surface area contributed by atoms with Crippen LogP contribution in [0.3, 0.4) is 0 Å². The maximum atomic E-state index is 11.9. The second-order valence-corrected chi connectivity index (χ2v) is 15.2. The van der Waals surface area contributed by atoms with Gasteiger partial charge in [-0.15, -0.1) is 0 Å². The molecule has 10 atom stereocenters. The van der Waals surface area contributed by atoms with E-state index >= 15 is 0 Å². The van der Waals surface area contributed by atoms with Crippen molar-refractivity contribution in [3.63, 3.8) is 0 Å². The topological polar surface area (TPSA) is 55.4 Å². The minimum absolute atomic E-state index is 0.0583. The van der Waals surface area contributed by atoms with Gasteiger partial charge in [0.15, 0.2) is 0 Å². The van der Waals surface area contributed by atoms with E-state index in [0.29, 0.717) is 23.4 Å². The Morgan fingerprint density at radius 2 is 1.88 bits per heavy atom. The van der Waals surface area contributed by atoms with Gasteiger partial charge in [-0.3, -0.25) is 0 Å². The summed E-state index contributed by atoms with van der Waals surface area (Å²) in [5.41, 5.74) is 5.25. The molecule has 6 rings (SSSR count). The van der Waals surface area contributed by atoms with E-state index in [2.05, 4.69) is 38.5 Å². The number of nitrogens with one attached hydrogen (secondary N) is 1. The smallest absolute Gasteiger partial charge is 0.208 e. The highest BCUT2D eigenvalue weighted by Crippen LogP contribution is 2.66. The fourth-order valence-corrected chi connectivity index (χ4v) is 10.8. The van der Waals surface area contributed by atoms with Gasteiger partial charge in [0.2, 0.25) is 10.0 Å². The molecule has 1 spiro atoms. The van der Waals surface area contributed by atoms with E-state index in [4.69, 9.17) is 4.74 Å². The molecule has 1 heterocycles. The molecule has 190 valence electrons. The van der Waals surface area contributed by atoms with Crippen LogP contribution in [0.2, 0.25) is 0 Å². The third kappa shape index (κ3) is 3.46. The van der Waals surface area contributed by atoms with E-state index in [1.807, 2.05) is 0 Å². The van der Waals surface area contributed by atoms with Crippen molar-refractivity contribution < 1.29 is 13.2 Å². The van der Waals surface area contributed by atoms with Gasteiger partial charge in [0.05, 0.1) is 18.0 Å². The predicted molar refractivity (Wildman–Crippen MR) is 137 cm³/mol. The van der Waals surface area contributed by atoms with Gasteiger partial charge in [-0.05, 0) is 117 Å². The lowest BCUT2D eigenvalue weighted by molar-refractivity contribution is -0.0562. The number of fused-ring (bicyclic) bond motifs is 6. The van der Waals surface area contributed by atoms with Gasteiger partial charge in [0, 0.05) is 12.0 Å². The largest absolute Gasteiger partial charge is 0.362 e. The highest BCUT2D eigenvalue weighted by Gasteiger charge is 2.60. The number of rotatable bonds is 2. The van der Waals surface area contributed by atoms with Gasteiger partial charge in [-0.1, -0.05) is 32.4 Å². The summed E-state index contributed by atoms with van der Waals surface area (Å²) in [5, 5.41) is 0. The van der Waals surface area contributed by atoms with Crippen LogP contribution in [0.25, 0.3) is 0 Å². The second-order valence-electron chi connectivity index (χ2n) is 13.4. The lowest BCUT2D eigenvalue weighted by Gasteiger charge is -2.54. The van der Waals surface area contributed by atoms with Crippen LogP contribution in [0.15, 0.2) is 22.8 Å². The summed E-state index contributed by atoms with van der Waals surface area (Å²) in [5.74, 6) is 4.23. The number of hydrogen-bond donors (Lipinski definition) is 1. The average Bonchev–Trinajstić information content (AvgIpc) is 3.27. The summed E-state index contributed by atoms with van der Waals surface area (Å²) in [6.07, 6.45) is 16.1. The highest BCUT2D eigenvalue weighted by molar-refractivity contribution is 7.88. The monoisotopic (exact) mass is 487 g/mol. The molecule has 4 fully saturated rings. The van der Waals surface area contributed by atoms with Crippen molar-refractivity contribution in [1.29, 1.82) is 0 Å². The molecule has 6 aliphatic rings. The van der Waals surface area contributed by atoms with E-state index in [9.17, 15) is 8.42 Å². The highest BCUT2D eigenvalue weighted by atomic mass is 32.2. The second kappa shape index (κ2) is 7.92. The van der Waals surface area contributed by atoms with Crippen LogP contribution in [0.4, 0.5) is 0 Å². The number of sulfonamides is 1. The summed E-state index contributed by atoms with van der Waals surface area (Å²) >= 11 is 0. The maximum absolute atomic E-state index is 11.9. The molecule has 1 N–H and O–H groups in total. The summed E-state index contributed by atoms with van der Waals surface area (Å²) in [6.45, 7) is 9.81. The maximum Gasteiger partial charge on any atom is 0.208 e. The van der Waals surface area contributed by atoms with Crippen LogP contribution >= 0.6 is 0 Å². The zero-order valence-electron chi connectivity index (χ0n) is 21.9. The van der Waals surface area contributed by atoms with Crippen molar-refractivity contribution in [2.45, 2.75) is 110 Å². The molecule has 0 bridgehead atoms. The summed E-state index contributed by atoms with van der Waals surface area (Å²) < 4.78 is 33.7. The number of ether oxygens (including phenoxy) is 1. The Bertz CT molecular complexity index is 1030. The molecule has 0 aromatic heterocycles. The van der Waals surface area contributed by atoms with Crippen LogP contribution in [-0.2, 0) is 14.8 Å². The number of allylic oxidation sites excluding steroid dienone is 2. The third-order valence-corrected chi connectivity index (χ3v) is 12.5. The zero-order chi connectivity index (χ0) is 24.0. The first-order valence-electron chi connectivity index (χ1n) is 14.1. The first kappa shape index (κ1) is 23.7. The Morgan fingerprint density at radius 1 is 1.09 bits per heavy atom. The van der Waals surface area contributed by atoms with E-state index < -0.39 is 10.0 Å². The van der Waals surface area contributed by atoms with Crippen molar-refractivity contribution in [1.82, 2.24) is 4.72 Å². The third-order valence-electron chi connectivity index (χ3n) is 11.8. The van der Waals surface area contributed by atoms with E-state index in [1.165, 1.54) is 51.2 Å². The molecule has 0 amide bonds. The molecule has 3 saturated carbocycles. The van der Waals surface area contributed by atoms with Crippen LogP contribution in [0.5, 0.6) is 0 Å². The van der Waals surface area contributed by atoms with Crippen molar-refractivity contribution in [3.05, 3.63) is 22.8 Å². The Labute approximate surface area is 207 Å². The molecule has 4 nitrogen and oxygen atoms in total. The first-order chi connectivity index (χ1) is 16.0. The summed E-state index contributed by atoms with van der Waals surface area (Å²) in [7, 11) is -3.13. The van der Waals surface area contributed by atoms with E-state index in [1.54, 1.807) is 16.7 Å². The SMILES string of the molecule is CC1=C2CC3C(CCC4CC(NS(C)(=O)=O)CCC43C)C2CCC12OC1CC(C)CC=C1C2C. The average molecular weight is 488 g/mol. The van der Waals surface area contributed by atoms with Crippen LogP contribution in [-0.4, -0.2) is 32.4 Å². The normalized spacial score (nSPS) is 50.4. The van der Waals surface area contributed by atoms with Gasteiger partial charge in [0.25, 0.3) is 0 Å². The van der Waals surface area contributed by atoms with Crippen molar-refractivity contribution in [3.8, 4) is 0 Å². The van der Waals surface area contributed by atoms with Gasteiger partial charge >= 0.3 is 0 Å². The standard InChI is InChI=1S/C29H45NO3S/c1-17-6-8-22-18(2)29(33-27(22)14-17)13-11-23-24-9-7-20-15-21(30-34(5,31)32)10-12-28(20,4)26(24)16-25(23)19(29)3/h8,17-18,20-21,23-24,26-27,30H,6-7,9-16H2,1-5H3. The Balaban J connectivity index is 1.27. The van der Waals surface area contributed by atoms with Crippen LogP contribution in [0, 0.1) is 40.9 Å². The molecule has 1 aliphatic heterocycles. The summed E-state index contributed by atoms with van der Waals surface area (Å²) in [4.78, 5) is 0. The van der Waals surface area contributed by atoms with Crippen LogP contribution < -0.4 is 4.72 Å². The molecule has 10 unspecified atom stereocenters. The van der Waals surface area contributed by atoms with Crippen molar-refractivity contribution in [2.24, 2.45) is 40.9 Å². The fourth-order valence-electron chi connectivity index (χ4n) is 9.96. The van der Waals surface area contributed by atoms with Crippen molar-refractivity contribution in [2.75, 3.05) is 6.26 Å². The Morgan fingerprint density at radius 3 is 2.65 bits per heavy atom. The molecule has 5 aliphatic carbocycles. The molecule has 0 aromatic rings. The molecular formula is C29H45NO3S. The minimum Gasteiger partial charge on any atom is -0.362 e. The molecule has 5 heteroatoms. The van der Waals surface area contributed by atoms with Gasteiger partial charge in [-0.25, -0.2) is 13.1 Å². The fraction of sp³-hybridized carbons (Fsp3) is 0.862. The quantitative estimate of drug-likeness (QED) is 0.486. The Hall–Kier alpha value is -0.650. The van der Waals surface area contributed by atoms with Gasteiger partial charge < -0.3 is 4.74 Å². The zero-order valence-corrected chi connectivity index (χ0v) is 22.7. The van der Waals surface area contributed by atoms with E-state index in [0.717, 1.165) is 42.9 Å². The molecule has 34 heavy (non-hydrogen) atoms. The van der Waals surface area contributed by atoms with Crippen molar-refractivity contribution >= 4 is 10.0 Å². The molecule has 0 radical (unpaired) electrons.